The normalized spacial score (nSPS) is 15.2. The molecule has 0 saturated heterocycles. The third-order valence-electron chi connectivity index (χ3n) is 5.23. The smallest absolute Gasteiger partial charge is 0.389 e. The fraction of sp³-hybridized carbons (Fsp3) is 0.778. The monoisotopic (exact) mass is 548 g/mol. The average molecular weight is 549 g/mol. The van der Waals surface area contributed by atoms with Gasteiger partial charge >= 0.3 is 19.5 Å². The van der Waals surface area contributed by atoms with Crippen LogP contribution in [0.3, 0.4) is 0 Å². The van der Waals surface area contributed by atoms with E-state index in [0.29, 0.717) is 38.5 Å². The molecule has 0 heterocycles. The summed E-state index contributed by atoms with van der Waals surface area (Å²) in [4.78, 5) is 23.9. The zero-order valence-corrected chi connectivity index (χ0v) is 24.2. The van der Waals surface area contributed by atoms with Crippen molar-refractivity contribution < 1.29 is 42.1 Å². The van der Waals surface area contributed by atoms with Crippen LogP contribution in [-0.2, 0) is 42.1 Å². The van der Waals surface area contributed by atoms with E-state index in [1.54, 1.807) is 0 Å². The third kappa shape index (κ3) is 16.8. The Morgan fingerprint density at radius 1 is 0.730 bits per heavy atom. The van der Waals surface area contributed by atoms with Crippen LogP contribution in [-0.4, -0.2) is 43.8 Å². The topological polar surface area (TPSA) is 107 Å². The Labute approximate surface area is 223 Å². The van der Waals surface area contributed by atoms with Crippen molar-refractivity contribution >= 4 is 19.5 Å². The Morgan fingerprint density at radius 2 is 1.22 bits per heavy atom. The predicted octanol–water partition coefficient (Wildman–Crippen LogP) is 7.40. The standard InChI is InChI=1S/C27H49O9P/c1-7-13-17-21-31-27(35-25(19-15-9-3)33-23(28)11-5)37(30,32-22-18-14-8-2)36-26(20-16-10-4)34-24(29)12-6/h11-12,25-27H,5-10,13-22H2,1-4H3. The molecule has 0 N–H and O–H groups in total. The summed E-state index contributed by atoms with van der Waals surface area (Å²) in [6, 6.07) is -1.49. The quantitative estimate of drug-likeness (QED) is 0.0379. The van der Waals surface area contributed by atoms with E-state index in [1.165, 1.54) is 0 Å². The van der Waals surface area contributed by atoms with Crippen molar-refractivity contribution in [2.75, 3.05) is 13.2 Å². The lowest BCUT2D eigenvalue weighted by molar-refractivity contribution is -0.223. The highest BCUT2D eigenvalue weighted by molar-refractivity contribution is 7.54. The Kier molecular flexibility index (Phi) is 21.6. The number of ether oxygens (including phenoxy) is 4. The molecule has 9 nitrogen and oxygen atoms in total. The summed E-state index contributed by atoms with van der Waals surface area (Å²) in [6.07, 6.45) is 8.47. The molecule has 4 unspecified atom stereocenters. The van der Waals surface area contributed by atoms with Gasteiger partial charge in [-0.1, -0.05) is 79.4 Å². The van der Waals surface area contributed by atoms with Gasteiger partial charge in [-0.2, -0.15) is 0 Å². The van der Waals surface area contributed by atoms with E-state index in [1.807, 2.05) is 20.8 Å². The summed E-state index contributed by atoms with van der Waals surface area (Å²) in [6.45, 7) is 15.3. The molecule has 0 radical (unpaired) electrons. The van der Waals surface area contributed by atoms with E-state index in [-0.39, 0.29) is 13.2 Å². The van der Waals surface area contributed by atoms with Crippen molar-refractivity contribution in [2.45, 2.75) is 123 Å². The highest BCUT2D eigenvalue weighted by Crippen LogP contribution is 2.56. The second-order valence-electron chi connectivity index (χ2n) is 8.63. The Hall–Kier alpha value is -1.51. The second kappa shape index (κ2) is 22.5. The highest BCUT2D eigenvalue weighted by Gasteiger charge is 2.43. The van der Waals surface area contributed by atoms with Gasteiger partial charge < -0.3 is 23.5 Å². The molecule has 216 valence electrons. The summed E-state index contributed by atoms with van der Waals surface area (Å²) in [5.74, 6) is -1.38. The first-order valence-electron chi connectivity index (χ1n) is 13.7. The largest absolute Gasteiger partial charge is 0.432 e. The first-order valence-corrected chi connectivity index (χ1v) is 15.3. The van der Waals surface area contributed by atoms with E-state index in [0.717, 1.165) is 50.7 Å². The van der Waals surface area contributed by atoms with E-state index in [4.69, 9.17) is 28.0 Å². The van der Waals surface area contributed by atoms with Crippen molar-refractivity contribution in [1.82, 2.24) is 0 Å². The molecule has 0 saturated carbocycles. The molecule has 10 heteroatoms. The molecule has 0 aromatic carbocycles. The molecule has 0 bridgehead atoms. The van der Waals surface area contributed by atoms with Crippen LogP contribution < -0.4 is 0 Å². The van der Waals surface area contributed by atoms with Gasteiger partial charge in [0, 0.05) is 25.0 Å². The molecule has 0 aliphatic carbocycles. The predicted molar refractivity (Wildman–Crippen MR) is 144 cm³/mol. The number of hydrogen-bond donors (Lipinski definition) is 0. The third-order valence-corrected chi connectivity index (χ3v) is 7.09. The number of rotatable bonds is 25. The lowest BCUT2D eigenvalue weighted by Crippen LogP contribution is -2.32. The lowest BCUT2D eigenvalue weighted by Gasteiger charge is -2.32. The maximum Gasteiger partial charge on any atom is 0.389 e. The summed E-state index contributed by atoms with van der Waals surface area (Å²) >= 11 is 0. The molecule has 0 aliphatic heterocycles. The summed E-state index contributed by atoms with van der Waals surface area (Å²) in [5.41, 5.74) is 0. The molecule has 0 spiro atoms. The van der Waals surface area contributed by atoms with Crippen molar-refractivity contribution in [2.24, 2.45) is 0 Å². The Bertz CT molecular complexity index is 683. The SMILES string of the molecule is C=CC(=O)OC(CCCC)OC(OCCCCC)P(=O)(OCCCCC)OC(CCCC)OC(=O)C=C. The van der Waals surface area contributed by atoms with E-state index in [9.17, 15) is 14.2 Å². The molecule has 0 fully saturated rings. The fourth-order valence-corrected chi connectivity index (χ4v) is 4.82. The van der Waals surface area contributed by atoms with Crippen LogP contribution in [0, 0.1) is 0 Å². The summed E-state index contributed by atoms with van der Waals surface area (Å²) in [5, 5.41) is 0. The van der Waals surface area contributed by atoms with Gasteiger partial charge in [0.1, 0.15) is 0 Å². The van der Waals surface area contributed by atoms with Gasteiger partial charge in [-0.3, -0.25) is 9.09 Å². The van der Waals surface area contributed by atoms with Gasteiger partial charge in [-0.25, -0.2) is 9.59 Å². The van der Waals surface area contributed by atoms with E-state index in [2.05, 4.69) is 20.1 Å². The van der Waals surface area contributed by atoms with Crippen LogP contribution in [0.25, 0.3) is 0 Å². The number of carbonyl (C=O) groups is 2. The molecule has 0 aromatic heterocycles. The van der Waals surface area contributed by atoms with Crippen molar-refractivity contribution in [1.29, 1.82) is 0 Å². The number of esters is 2. The molecule has 0 aliphatic rings. The molecule has 0 aromatic rings. The van der Waals surface area contributed by atoms with Gasteiger partial charge in [0.05, 0.1) is 13.2 Å². The first kappa shape index (κ1) is 35.5. The molecule has 0 rings (SSSR count). The van der Waals surface area contributed by atoms with Gasteiger partial charge in [-0.15, -0.1) is 0 Å². The molecule has 37 heavy (non-hydrogen) atoms. The van der Waals surface area contributed by atoms with Crippen molar-refractivity contribution in [3.63, 3.8) is 0 Å². The average Bonchev–Trinajstić information content (AvgIpc) is 2.89. The Balaban J connectivity index is 6.11. The van der Waals surface area contributed by atoms with Gasteiger partial charge in [0.25, 0.3) is 6.03 Å². The second-order valence-corrected chi connectivity index (χ2v) is 10.6. The number of unbranched alkanes of at least 4 members (excludes halogenated alkanes) is 6. The van der Waals surface area contributed by atoms with Crippen LogP contribution in [0.15, 0.2) is 25.3 Å². The molecular weight excluding hydrogens is 499 g/mol. The van der Waals surface area contributed by atoms with Crippen LogP contribution in [0.5, 0.6) is 0 Å². The van der Waals surface area contributed by atoms with Crippen molar-refractivity contribution in [3.8, 4) is 0 Å². The van der Waals surface area contributed by atoms with Crippen molar-refractivity contribution in [3.05, 3.63) is 25.3 Å². The minimum atomic E-state index is -4.19. The zero-order chi connectivity index (χ0) is 27.9. The lowest BCUT2D eigenvalue weighted by atomic mass is 10.2. The minimum Gasteiger partial charge on any atom is -0.432 e. The molecular formula is C27H49O9P. The zero-order valence-electron chi connectivity index (χ0n) is 23.3. The fourth-order valence-electron chi connectivity index (χ4n) is 3.10. The summed E-state index contributed by atoms with van der Waals surface area (Å²) in [7, 11) is -4.19. The van der Waals surface area contributed by atoms with E-state index >= 15 is 0 Å². The number of carbonyl (C=O) groups excluding carboxylic acids is 2. The summed E-state index contributed by atoms with van der Waals surface area (Å²) < 4.78 is 48.6. The van der Waals surface area contributed by atoms with Crippen LogP contribution in [0.4, 0.5) is 0 Å². The minimum absolute atomic E-state index is 0.130. The highest BCUT2D eigenvalue weighted by atomic mass is 31.2. The van der Waals surface area contributed by atoms with Crippen LogP contribution in [0.1, 0.15) is 105 Å². The maximum atomic E-state index is 14.3. The molecule has 0 amide bonds. The van der Waals surface area contributed by atoms with Crippen LogP contribution in [0.2, 0.25) is 0 Å². The first-order chi connectivity index (χ1) is 17.8. The molecule has 4 atom stereocenters. The van der Waals surface area contributed by atoms with Crippen LogP contribution >= 0.6 is 7.60 Å². The Morgan fingerprint density at radius 3 is 1.73 bits per heavy atom. The number of hydrogen-bond acceptors (Lipinski definition) is 9. The van der Waals surface area contributed by atoms with Gasteiger partial charge in [-0.05, 0) is 25.7 Å². The van der Waals surface area contributed by atoms with E-state index < -0.39 is 38.1 Å². The van der Waals surface area contributed by atoms with Gasteiger partial charge in [0.15, 0.2) is 0 Å². The maximum absolute atomic E-state index is 14.3. The van der Waals surface area contributed by atoms with Gasteiger partial charge in [0.2, 0.25) is 12.6 Å².